The molecule has 28 heavy (non-hydrogen) atoms. The Kier molecular flexibility index (Phi) is 12.3. The number of rotatable bonds is 14. The molecule has 0 fully saturated rings. The Hall–Kier alpha value is -2.41. The number of benzene rings is 1. The molecule has 1 aromatic carbocycles. The van der Waals surface area contributed by atoms with Crippen molar-refractivity contribution in [3.63, 3.8) is 0 Å². The van der Waals surface area contributed by atoms with Gasteiger partial charge < -0.3 is 21.7 Å². The average Bonchev–Trinajstić information content (AvgIpc) is 2.70. The molecule has 1 aromatic rings. The number of hydrogen-bond donors (Lipinski definition) is 4. The van der Waals surface area contributed by atoms with Crippen LogP contribution in [0.1, 0.15) is 51.0 Å². The summed E-state index contributed by atoms with van der Waals surface area (Å²) in [4.78, 5) is 36.4. The van der Waals surface area contributed by atoms with E-state index in [1.165, 1.54) is 6.42 Å². The first-order valence-corrected chi connectivity index (χ1v) is 10.1. The topological polar surface area (TPSA) is 113 Å². The Morgan fingerprint density at radius 2 is 1.68 bits per heavy atom. The molecule has 0 radical (unpaired) electrons. The molecule has 0 aliphatic heterocycles. The van der Waals surface area contributed by atoms with E-state index in [1.54, 1.807) is 0 Å². The first kappa shape index (κ1) is 23.6. The summed E-state index contributed by atoms with van der Waals surface area (Å²) < 4.78 is 0. The van der Waals surface area contributed by atoms with Crippen molar-refractivity contribution >= 4 is 17.7 Å². The molecule has 0 heterocycles. The fourth-order valence-electron chi connectivity index (χ4n) is 2.78. The molecule has 0 aliphatic carbocycles. The predicted octanol–water partition coefficient (Wildman–Crippen LogP) is 1.27. The van der Waals surface area contributed by atoms with Crippen molar-refractivity contribution in [1.29, 1.82) is 0 Å². The Bertz CT molecular complexity index is 593. The maximum absolute atomic E-state index is 12.3. The Balaban J connectivity index is 2.44. The van der Waals surface area contributed by atoms with Gasteiger partial charge in [0.25, 0.3) is 0 Å². The van der Waals surface area contributed by atoms with Gasteiger partial charge in [0.1, 0.15) is 6.04 Å². The Labute approximate surface area is 167 Å². The Morgan fingerprint density at radius 3 is 2.36 bits per heavy atom. The summed E-state index contributed by atoms with van der Waals surface area (Å²) in [5, 5.41) is 8.03. The second-order valence-electron chi connectivity index (χ2n) is 6.83. The normalized spacial score (nSPS) is 11.5. The van der Waals surface area contributed by atoms with E-state index in [-0.39, 0.29) is 24.3 Å². The lowest BCUT2D eigenvalue weighted by molar-refractivity contribution is -0.129. The maximum atomic E-state index is 12.3. The van der Waals surface area contributed by atoms with Crippen LogP contribution in [0.4, 0.5) is 0 Å². The molecule has 0 spiro atoms. The van der Waals surface area contributed by atoms with Crippen molar-refractivity contribution in [1.82, 2.24) is 16.0 Å². The lowest BCUT2D eigenvalue weighted by atomic mass is 10.1. The third-order valence-electron chi connectivity index (χ3n) is 4.33. The highest BCUT2D eigenvalue weighted by atomic mass is 16.2. The van der Waals surface area contributed by atoms with E-state index >= 15 is 0 Å². The zero-order valence-electron chi connectivity index (χ0n) is 16.8. The van der Waals surface area contributed by atoms with E-state index in [4.69, 9.17) is 5.73 Å². The van der Waals surface area contributed by atoms with E-state index in [2.05, 4.69) is 22.9 Å². The quantitative estimate of drug-likeness (QED) is 0.358. The van der Waals surface area contributed by atoms with Crippen LogP contribution in [0, 0.1) is 0 Å². The fraction of sp³-hybridized carbons (Fsp3) is 0.571. The largest absolute Gasteiger partial charge is 0.353 e. The lowest BCUT2D eigenvalue weighted by Crippen LogP contribution is -2.51. The van der Waals surface area contributed by atoms with Gasteiger partial charge in [-0.15, -0.1) is 0 Å². The second kappa shape index (κ2) is 14.6. The highest BCUT2D eigenvalue weighted by Gasteiger charge is 2.21. The Morgan fingerprint density at radius 1 is 0.964 bits per heavy atom. The lowest BCUT2D eigenvalue weighted by Gasteiger charge is -2.18. The van der Waals surface area contributed by atoms with Crippen LogP contribution in [-0.2, 0) is 20.8 Å². The van der Waals surface area contributed by atoms with Crippen LogP contribution in [0.15, 0.2) is 30.3 Å². The summed E-state index contributed by atoms with van der Waals surface area (Å²) in [5.74, 6) is -0.813. The summed E-state index contributed by atoms with van der Waals surface area (Å²) >= 11 is 0. The van der Waals surface area contributed by atoms with E-state index in [0.717, 1.165) is 31.2 Å². The minimum Gasteiger partial charge on any atom is -0.353 e. The third kappa shape index (κ3) is 10.7. The zero-order chi connectivity index (χ0) is 20.6. The second-order valence-corrected chi connectivity index (χ2v) is 6.83. The minimum absolute atomic E-state index is 0.136. The van der Waals surface area contributed by atoms with Crippen LogP contribution in [-0.4, -0.2) is 43.4 Å². The van der Waals surface area contributed by atoms with E-state index in [9.17, 15) is 14.4 Å². The molecule has 0 bridgehead atoms. The van der Waals surface area contributed by atoms with Crippen molar-refractivity contribution in [2.24, 2.45) is 5.73 Å². The molecule has 1 rings (SSSR count). The smallest absolute Gasteiger partial charge is 0.242 e. The van der Waals surface area contributed by atoms with Crippen molar-refractivity contribution in [3.8, 4) is 0 Å². The SMILES string of the molecule is CCCCCCCC(=O)NCC(=O)NC(Cc1ccccc1)C(=O)NCCN. The summed E-state index contributed by atoms with van der Waals surface area (Å²) in [6.07, 6.45) is 6.10. The number of nitrogens with one attached hydrogen (secondary N) is 3. The fourth-order valence-corrected chi connectivity index (χ4v) is 2.78. The zero-order valence-corrected chi connectivity index (χ0v) is 16.8. The molecular weight excluding hydrogens is 356 g/mol. The number of unbranched alkanes of at least 4 members (excludes halogenated alkanes) is 4. The predicted molar refractivity (Wildman–Crippen MR) is 111 cm³/mol. The van der Waals surface area contributed by atoms with Gasteiger partial charge in [-0.2, -0.15) is 0 Å². The van der Waals surface area contributed by atoms with Crippen LogP contribution >= 0.6 is 0 Å². The van der Waals surface area contributed by atoms with Gasteiger partial charge in [0.2, 0.25) is 17.7 Å². The molecule has 7 nitrogen and oxygen atoms in total. The van der Waals surface area contributed by atoms with Crippen molar-refractivity contribution in [2.75, 3.05) is 19.6 Å². The molecule has 0 aliphatic rings. The number of hydrogen-bond acceptors (Lipinski definition) is 4. The first-order chi connectivity index (χ1) is 13.6. The number of amides is 3. The van der Waals surface area contributed by atoms with Gasteiger partial charge in [-0.3, -0.25) is 14.4 Å². The van der Waals surface area contributed by atoms with Crippen LogP contribution in [0.3, 0.4) is 0 Å². The number of nitrogens with two attached hydrogens (primary N) is 1. The molecule has 5 N–H and O–H groups in total. The van der Waals surface area contributed by atoms with Gasteiger partial charge in [0.05, 0.1) is 6.54 Å². The van der Waals surface area contributed by atoms with E-state index in [1.807, 2.05) is 30.3 Å². The first-order valence-electron chi connectivity index (χ1n) is 10.1. The van der Waals surface area contributed by atoms with Gasteiger partial charge in [0, 0.05) is 25.9 Å². The number of carbonyl (C=O) groups excluding carboxylic acids is 3. The molecular formula is C21H34N4O3. The average molecular weight is 391 g/mol. The van der Waals surface area contributed by atoms with Crippen LogP contribution in [0.25, 0.3) is 0 Å². The van der Waals surface area contributed by atoms with E-state index in [0.29, 0.717) is 25.9 Å². The van der Waals surface area contributed by atoms with Crippen LogP contribution in [0.2, 0.25) is 0 Å². The van der Waals surface area contributed by atoms with Gasteiger partial charge in [-0.1, -0.05) is 62.9 Å². The van der Waals surface area contributed by atoms with Crippen LogP contribution in [0.5, 0.6) is 0 Å². The highest BCUT2D eigenvalue weighted by molar-refractivity contribution is 5.90. The third-order valence-corrected chi connectivity index (χ3v) is 4.33. The summed E-state index contributed by atoms with van der Waals surface area (Å²) in [7, 11) is 0. The van der Waals surface area contributed by atoms with Gasteiger partial charge in [-0.25, -0.2) is 0 Å². The van der Waals surface area contributed by atoms with Crippen molar-refractivity contribution in [3.05, 3.63) is 35.9 Å². The molecule has 0 saturated carbocycles. The summed E-state index contributed by atoms with van der Waals surface area (Å²) in [6.45, 7) is 2.68. The molecule has 3 amide bonds. The molecule has 0 aromatic heterocycles. The van der Waals surface area contributed by atoms with Crippen molar-refractivity contribution in [2.45, 2.75) is 57.9 Å². The van der Waals surface area contributed by atoms with Gasteiger partial charge in [0.15, 0.2) is 0 Å². The number of carbonyl (C=O) groups is 3. The molecule has 156 valence electrons. The molecule has 1 atom stereocenters. The molecule has 7 heteroatoms. The summed E-state index contributed by atoms with van der Waals surface area (Å²) in [6, 6.07) is 8.74. The maximum Gasteiger partial charge on any atom is 0.242 e. The van der Waals surface area contributed by atoms with Crippen LogP contribution < -0.4 is 21.7 Å². The van der Waals surface area contributed by atoms with Gasteiger partial charge in [-0.05, 0) is 12.0 Å². The van der Waals surface area contributed by atoms with Gasteiger partial charge >= 0.3 is 0 Å². The summed E-state index contributed by atoms with van der Waals surface area (Å²) in [5.41, 5.74) is 6.37. The molecule has 1 unspecified atom stereocenters. The monoisotopic (exact) mass is 390 g/mol. The highest BCUT2D eigenvalue weighted by Crippen LogP contribution is 2.05. The van der Waals surface area contributed by atoms with E-state index < -0.39 is 6.04 Å². The standard InChI is InChI=1S/C21H34N4O3/c1-2-3-4-5-9-12-19(26)24-16-20(27)25-18(21(28)23-14-13-22)15-17-10-7-6-8-11-17/h6-8,10-11,18H,2-5,9,12-16,22H2,1H3,(H,23,28)(H,24,26)(H,25,27). The molecule has 0 saturated heterocycles. The minimum atomic E-state index is -0.715. The van der Waals surface area contributed by atoms with Crippen molar-refractivity contribution < 1.29 is 14.4 Å².